The summed E-state index contributed by atoms with van der Waals surface area (Å²) < 4.78 is 5.81. The number of hydrogen-bond donors (Lipinski definition) is 0. The Morgan fingerprint density at radius 1 is 1.00 bits per heavy atom. The van der Waals surface area contributed by atoms with Crippen LogP contribution in [-0.4, -0.2) is 54.5 Å². The molecule has 4 nitrogen and oxygen atoms in total. The molecular formula is C24H38N2O2. The van der Waals surface area contributed by atoms with Crippen molar-refractivity contribution in [1.82, 2.24) is 9.80 Å². The number of likely N-dealkylation sites (tertiary alicyclic amines) is 2. The molecule has 0 spiro atoms. The Kier molecular flexibility index (Phi) is 8.20. The Morgan fingerprint density at radius 3 is 2.36 bits per heavy atom. The lowest BCUT2D eigenvalue weighted by molar-refractivity contribution is -0.137. The average molecular weight is 387 g/mol. The standard InChI is InChI=1S/C24H38N2O2/c1-20(2)21-10-12-23(13-11-21)28-19-24(27)26-17-8-5-9-22(26)14-18-25-15-6-3-4-7-16-25/h10-13,20,22H,3-9,14-19H2,1-2H3/t22-/m0/s1. The second-order valence-electron chi connectivity index (χ2n) is 8.79. The van der Waals surface area contributed by atoms with Crippen molar-refractivity contribution in [2.45, 2.75) is 77.2 Å². The van der Waals surface area contributed by atoms with Crippen molar-refractivity contribution >= 4 is 5.91 Å². The van der Waals surface area contributed by atoms with Gasteiger partial charge in [-0.25, -0.2) is 0 Å². The quantitative estimate of drug-likeness (QED) is 0.672. The summed E-state index contributed by atoms with van der Waals surface area (Å²) in [6.07, 6.45) is 10.0. The SMILES string of the molecule is CC(C)c1ccc(OCC(=O)N2CCCC[C@H]2CCN2CCCCCC2)cc1. The van der Waals surface area contributed by atoms with Crippen LogP contribution in [0.2, 0.25) is 0 Å². The Labute approximate surface area is 171 Å². The molecule has 0 bridgehead atoms. The van der Waals surface area contributed by atoms with E-state index in [1.807, 2.05) is 12.1 Å². The van der Waals surface area contributed by atoms with Crippen molar-refractivity contribution < 1.29 is 9.53 Å². The highest BCUT2D eigenvalue weighted by Gasteiger charge is 2.27. The first kappa shape index (κ1) is 21.2. The van der Waals surface area contributed by atoms with E-state index in [1.54, 1.807) is 0 Å². The molecule has 2 aliphatic rings. The number of benzene rings is 1. The Hall–Kier alpha value is -1.55. The van der Waals surface area contributed by atoms with Crippen LogP contribution in [0.15, 0.2) is 24.3 Å². The van der Waals surface area contributed by atoms with Gasteiger partial charge < -0.3 is 14.5 Å². The van der Waals surface area contributed by atoms with E-state index in [9.17, 15) is 4.79 Å². The minimum absolute atomic E-state index is 0.147. The van der Waals surface area contributed by atoms with E-state index in [1.165, 1.54) is 50.8 Å². The van der Waals surface area contributed by atoms with Crippen molar-refractivity contribution in [2.24, 2.45) is 0 Å². The van der Waals surface area contributed by atoms with Crippen LogP contribution in [0.5, 0.6) is 5.75 Å². The van der Waals surface area contributed by atoms with E-state index in [2.05, 4.69) is 35.8 Å². The summed E-state index contributed by atoms with van der Waals surface area (Å²) in [5, 5.41) is 0. The van der Waals surface area contributed by atoms with E-state index in [4.69, 9.17) is 4.74 Å². The predicted molar refractivity (Wildman–Crippen MR) is 115 cm³/mol. The minimum Gasteiger partial charge on any atom is -0.484 e. The van der Waals surface area contributed by atoms with Gasteiger partial charge in [-0.15, -0.1) is 0 Å². The Bertz CT molecular complexity index is 591. The lowest BCUT2D eigenvalue weighted by atomic mass is 9.99. The number of rotatable bonds is 7. The molecule has 2 fully saturated rings. The first-order valence-electron chi connectivity index (χ1n) is 11.4. The van der Waals surface area contributed by atoms with Gasteiger partial charge in [-0.05, 0) is 75.2 Å². The zero-order chi connectivity index (χ0) is 19.8. The molecular weight excluding hydrogens is 348 g/mol. The van der Waals surface area contributed by atoms with Crippen molar-refractivity contribution in [3.8, 4) is 5.75 Å². The molecule has 2 heterocycles. The normalized spacial score (nSPS) is 21.5. The molecule has 1 atom stereocenters. The predicted octanol–water partition coefficient (Wildman–Crippen LogP) is 4.84. The molecule has 0 aromatic heterocycles. The van der Waals surface area contributed by atoms with Gasteiger partial charge in [0.05, 0.1) is 0 Å². The Balaban J connectivity index is 1.48. The van der Waals surface area contributed by atoms with Crippen LogP contribution in [0.4, 0.5) is 0 Å². The van der Waals surface area contributed by atoms with E-state index in [0.29, 0.717) is 12.0 Å². The lowest BCUT2D eigenvalue weighted by Gasteiger charge is -2.37. The number of ether oxygens (including phenoxy) is 1. The maximum Gasteiger partial charge on any atom is 0.260 e. The summed E-state index contributed by atoms with van der Waals surface area (Å²) in [5.41, 5.74) is 1.29. The molecule has 0 N–H and O–H groups in total. The van der Waals surface area contributed by atoms with Crippen LogP contribution in [0.25, 0.3) is 0 Å². The third-order valence-electron chi connectivity index (χ3n) is 6.33. The Morgan fingerprint density at radius 2 is 1.68 bits per heavy atom. The van der Waals surface area contributed by atoms with Crippen LogP contribution >= 0.6 is 0 Å². The van der Waals surface area contributed by atoms with E-state index < -0.39 is 0 Å². The first-order chi connectivity index (χ1) is 13.6. The molecule has 1 aromatic carbocycles. The van der Waals surface area contributed by atoms with Gasteiger partial charge in [0.2, 0.25) is 0 Å². The van der Waals surface area contributed by atoms with Crippen LogP contribution in [0.1, 0.15) is 76.7 Å². The maximum absolute atomic E-state index is 12.9. The summed E-state index contributed by atoms with van der Waals surface area (Å²) in [4.78, 5) is 17.6. The summed E-state index contributed by atoms with van der Waals surface area (Å²) in [6.45, 7) is 9.00. The molecule has 1 amide bonds. The highest BCUT2D eigenvalue weighted by molar-refractivity contribution is 5.78. The molecule has 156 valence electrons. The number of hydrogen-bond acceptors (Lipinski definition) is 3. The lowest BCUT2D eigenvalue weighted by Crippen LogP contribution is -2.47. The number of nitrogens with zero attached hydrogens (tertiary/aromatic N) is 2. The van der Waals surface area contributed by atoms with Crippen LogP contribution in [0.3, 0.4) is 0 Å². The monoisotopic (exact) mass is 386 g/mol. The number of carbonyl (C=O) groups is 1. The molecule has 28 heavy (non-hydrogen) atoms. The van der Waals surface area contributed by atoms with Gasteiger partial charge in [-0.2, -0.15) is 0 Å². The van der Waals surface area contributed by atoms with Gasteiger partial charge in [0, 0.05) is 19.1 Å². The molecule has 0 aliphatic carbocycles. The fourth-order valence-corrected chi connectivity index (χ4v) is 4.50. The van der Waals surface area contributed by atoms with Gasteiger partial charge in [0.1, 0.15) is 5.75 Å². The third kappa shape index (κ3) is 6.23. The molecule has 0 saturated carbocycles. The van der Waals surface area contributed by atoms with Gasteiger partial charge in [0.25, 0.3) is 5.91 Å². The summed E-state index contributed by atoms with van der Waals surface area (Å²) in [5.74, 6) is 1.44. The fraction of sp³-hybridized carbons (Fsp3) is 0.708. The average Bonchev–Trinajstić information content (AvgIpc) is 3.00. The van der Waals surface area contributed by atoms with Crippen molar-refractivity contribution in [3.05, 3.63) is 29.8 Å². The van der Waals surface area contributed by atoms with Crippen LogP contribution < -0.4 is 4.74 Å². The largest absolute Gasteiger partial charge is 0.484 e. The molecule has 4 heteroatoms. The van der Waals surface area contributed by atoms with Gasteiger partial charge in [-0.1, -0.05) is 38.8 Å². The van der Waals surface area contributed by atoms with E-state index in [0.717, 1.165) is 38.1 Å². The molecule has 2 aliphatic heterocycles. The first-order valence-corrected chi connectivity index (χ1v) is 11.4. The molecule has 2 saturated heterocycles. The summed E-state index contributed by atoms with van der Waals surface area (Å²) in [6, 6.07) is 8.53. The minimum atomic E-state index is 0.147. The van der Waals surface area contributed by atoms with E-state index >= 15 is 0 Å². The second kappa shape index (κ2) is 10.8. The number of piperidine rings is 1. The maximum atomic E-state index is 12.9. The second-order valence-corrected chi connectivity index (χ2v) is 8.79. The molecule has 0 unspecified atom stereocenters. The highest BCUT2D eigenvalue weighted by Crippen LogP contribution is 2.22. The fourth-order valence-electron chi connectivity index (χ4n) is 4.50. The molecule has 1 aromatic rings. The highest BCUT2D eigenvalue weighted by atomic mass is 16.5. The molecule has 3 rings (SSSR count). The van der Waals surface area contributed by atoms with Crippen molar-refractivity contribution in [3.63, 3.8) is 0 Å². The zero-order valence-electron chi connectivity index (χ0n) is 17.9. The van der Waals surface area contributed by atoms with Gasteiger partial charge in [0.15, 0.2) is 6.61 Å². The smallest absolute Gasteiger partial charge is 0.260 e. The number of amides is 1. The van der Waals surface area contributed by atoms with Crippen LogP contribution in [0, 0.1) is 0 Å². The zero-order valence-corrected chi connectivity index (χ0v) is 17.9. The van der Waals surface area contributed by atoms with Crippen molar-refractivity contribution in [2.75, 3.05) is 32.8 Å². The third-order valence-corrected chi connectivity index (χ3v) is 6.33. The van der Waals surface area contributed by atoms with Crippen molar-refractivity contribution in [1.29, 1.82) is 0 Å². The topological polar surface area (TPSA) is 32.8 Å². The summed E-state index contributed by atoms with van der Waals surface area (Å²) >= 11 is 0. The van der Waals surface area contributed by atoms with Gasteiger partial charge >= 0.3 is 0 Å². The molecule has 0 radical (unpaired) electrons. The number of carbonyl (C=O) groups excluding carboxylic acids is 1. The summed E-state index contributed by atoms with van der Waals surface area (Å²) in [7, 11) is 0. The van der Waals surface area contributed by atoms with E-state index in [-0.39, 0.29) is 12.5 Å². The van der Waals surface area contributed by atoms with Crippen LogP contribution in [-0.2, 0) is 4.79 Å². The van der Waals surface area contributed by atoms with Gasteiger partial charge in [-0.3, -0.25) is 4.79 Å².